The van der Waals surface area contributed by atoms with Crippen molar-refractivity contribution in [2.45, 2.75) is 34.0 Å². The van der Waals surface area contributed by atoms with Gasteiger partial charge in [-0.15, -0.1) is 0 Å². The number of rotatable bonds is 3. The standard InChI is InChI=1S/C21H15F6S/c1-14-8-2-5-11-17(14)28(18-12-6-3-9-15(18)20(22,23)24)19-13-7-4-10-16(19)21(25,26)27/h2-13H,1H3/q+1. The van der Waals surface area contributed by atoms with Crippen LogP contribution in [0.4, 0.5) is 26.3 Å². The summed E-state index contributed by atoms with van der Waals surface area (Å²) in [5, 5.41) is 0. The van der Waals surface area contributed by atoms with Gasteiger partial charge in [-0.1, -0.05) is 42.5 Å². The molecule has 0 amide bonds. The number of benzene rings is 3. The molecule has 0 spiro atoms. The summed E-state index contributed by atoms with van der Waals surface area (Å²) in [7, 11) is -1.58. The zero-order valence-electron chi connectivity index (χ0n) is 14.6. The van der Waals surface area contributed by atoms with Crippen LogP contribution in [0.2, 0.25) is 0 Å². The van der Waals surface area contributed by atoms with Crippen LogP contribution >= 0.6 is 0 Å². The summed E-state index contributed by atoms with van der Waals surface area (Å²) in [5.74, 6) is 0. The van der Waals surface area contributed by atoms with Crippen LogP contribution in [-0.2, 0) is 23.2 Å². The smallest absolute Gasteiger partial charge is 0.166 e. The number of hydrogen-bond donors (Lipinski definition) is 0. The van der Waals surface area contributed by atoms with Crippen molar-refractivity contribution in [1.29, 1.82) is 0 Å². The van der Waals surface area contributed by atoms with E-state index in [0.29, 0.717) is 10.5 Å². The van der Waals surface area contributed by atoms with Gasteiger partial charge in [0.2, 0.25) is 0 Å². The molecule has 0 radical (unpaired) electrons. The van der Waals surface area contributed by atoms with Crippen molar-refractivity contribution in [2.75, 3.05) is 0 Å². The molecule has 28 heavy (non-hydrogen) atoms. The van der Waals surface area contributed by atoms with Crippen LogP contribution in [0.15, 0.2) is 87.5 Å². The van der Waals surface area contributed by atoms with Crippen molar-refractivity contribution in [3.63, 3.8) is 0 Å². The summed E-state index contributed by atoms with van der Waals surface area (Å²) in [6.07, 6.45) is -9.37. The maximum absolute atomic E-state index is 13.7. The molecule has 3 aromatic carbocycles. The lowest BCUT2D eigenvalue weighted by Gasteiger charge is -2.17. The minimum Gasteiger partial charge on any atom is -0.166 e. The van der Waals surface area contributed by atoms with E-state index in [2.05, 4.69) is 0 Å². The topological polar surface area (TPSA) is 0 Å². The van der Waals surface area contributed by atoms with Crippen molar-refractivity contribution in [3.8, 4) is 0 Å². The van der Waals surface area contributed by atoms with Crippen molar-refractivity contribution in [2.24, 2.45) is 0 Å². The van der Waals surface area contributed by atoms with E-state index in [-0.39, 0.29) is 9.79 Å². The summed E-state index contributed by atoms with van der Waals surface area (Å²) >= 11 is 0. The summed E-state index contributed by atoms with van der Waals surface area (Å²) in [6, 6.07) is 16.2. The maximum Gasteiger partial charge on any atom is 0.421 e. The average Bonchev–Trinajstić information content (AvgIpc) is 2.63. The van der Waals surface area contributed by atoms with Crippen molar-refractivity contribution >= 4 is 10.9 Å². The highest BCUT2D eigenvalue weighted by atomic mass is 32.2. The molecule has 0 aliphatic rings. The minimum absolute atomic E-state index is 0.180. The molecule has 146 valence electrons. The van der Waals surface area contributed by atoms with Crippen LogP contribution in [0.5, 0.6) is 0 Å². The second kappa shape index (κ2) is 7.54. The summed E-state index contributed by atoms with van der Waals surface area (Å²) < 4.78 is 81.9. The van der Waals surface area contributed by atoms with Crippen LogP contribution in [0, 0.1) is 6.92 Å². The fourth-order valence-corrected chi connectivity index (χ4v) is 5.45. The summed E-state index contributed by atoms with van der Waals surface area (Å²) in [6.45, 7) is 1.68. The Balaban J connectivity index is 2.37. The molecule has 0 heterocycles. The zero-order chi connectivity index (χ0) is 20.5. The largest absolute Gasteiger partial charge is 0.421 e. The fourth-order valence-electron chi connectivity index (χ4n) is 2.90. The van der Waals surface area contributed by atoms with E-state index < -0.39 is 34.4 Å². The first-order valence-corrected chi connectivity index (χ1v) is 9.45. The van der Waals surface area contributed by atoms with Crippen LogP contribution < -0.4 is 0 Å². The number of hydrogen-bond acceptors (Lipinski definition) is 0. The molecule has 0 N–H and O–H groups in total. The molecule has 7 heteroatoms. The van der Waals surface area contributed by atoms with Gasteiger partial charge in [0.1, 0.15) is 22.0 Å². The monoisotopic (exact) mass is 413 g/mol. The summed E-state index contributed by atoms with van der Waals surface area (Å²) in [5.41, 5.74) is -1.24. The first-order valence-electron chi connectivity index (χ1n) is 8.23. The predicted octanol–water partition coefficient (Wildman–Crippen LogP) is 7.13. The molecule has 0 bridgehead atoms. The Morgan fingerprint density at radius 3 is 1.29 bits per heavy atom. The van der Waals surface area contributed by atoms with Gasteiger partial charge in [-0.3, -0.25) is 0 Å². The molecule has 3 aromatic rings. The van der Waals surface area contributed by atoms with E-state index in [1.807, 2.05) is 0 Å². The van der Waals surface area contributed by atoms with Crippen LogP contribution in [0.1, 0.15) is 16.7 Å². The Hall–Kier alpha value is -2.41. The molecule has 0 aromatic heterocycles. The predicted molar refractivity (Wildman–Crippen MR) is 96.2 cm³/mol. The Kier molecular flexibility index (Phi) is 5.48. The molecular weight excluding hydrogens is 398 g/mol. The second-order valence-corrected chi connectivity index (χ2v) is 7.99. The number of alkyl halides is 6. The minimum atomic E-state index is -4.68. The van der Waals surface area contributed by atoms with Crippen molar-refractivity contribution in [3.05, 3.63) is 89.5 Å². The quantitative estimate of drug-likeness (QED) is 0.317. The first kappa shape index (κ1) is 20.3. The average molecular weight is 413 g/mol. The Bertz CT molecular complexity index is 917. The van der Waals surface area contributed by atoms with Crippen molar-refractivity contribution < 1.29 is 26.3 Å². The van der Waals surface area contributed by atoms with Crippen LogP contribution in [-0.4, -0.2) is 0 Å². The highest BCUT2D eigenvalue weighted by molar-refractivity contribution is 7.97. The van der Waals surface area contributed by atoms with E-state index >= 15 is 0 Å². The van der Waals surface area contributed by atoms with E-state index in [9.17, 15) is 26.3 Å². The van der Waals surface area contributed by atoms with Gasteiger partial charge in [0.15, 0.2) is 14.7 Å². The Morgan fingerprint density at radius 2 is 0.893 bits per heavy atom. The van der Waals surface area contributed by atoms with E-state index in [1.54, 1.807) is 31.2 Å². The lowest BCUT2D eigenvalue weighted by atomic mass is 10.2. The molecule has 0 saturated carbocycles. The highest BCUT2D eigenvalue weighted by Crippen LogP contribution is 2.44. The molecule has 0 aliphatic carbocycles. The third-order valence-electron chi connectivity index (χ3n) is 4.14. The molecule has 0 nitrogen and oxygen atoms in total. The van der Waals surface area contributed by atoms with E-state index in [1.165, 1.54) is 36.4 Å². The van der Waals surface area contributed by atoms with E-state index in [0.717, 1.165) is 12.1 Å². The Morgan fingerprint density at radius 1 is 0.536 bits per heavy atom. The van der Waals surface area contributed by atoms with Gasteiger partial charge >= 0.3 is 12.4 Å². The van der Waals surface area contributed by atoms with Crippen LogP contribution in [0.25, 0.3) is 0 Å². The van der Waals surface area contributed by atoms with Crippen molar-refractivity contribution in [1.82, 2.24) is 0 Å². The second-order valence-electron chi connectivity index (χ2n) is 6.06. The summed E-state index contributed by atoms with van der Waals surface area (Å²) in [4.78, 5) is 0.0675. The lowest BCUT2D eigenvalue weighted by Crippen LogP contribution is -2.18. The molecule has 0 saturated heterocycles. The zero-order valence-corrected chi connectivity index (χ0v) is 15.4. The number of halogens is 6. The highest BCUT2D eigenvalue weighted by Gasteiger charge is 2.46. The maximum atomic E-state index is 13.7. The third-order valence-corrected chi connectivity index (χ3v) is 6.63. The number of aryl methyl sites for hydroxylation is 1. The van der Waals surface area contributed by atoms with Gasteiger partial charge in [0, 0.05) is 5.56 Å². The lowest BCUT2D eigenvalue weighted by molar-refractivity contribution is -0.140. The molecular formula is C21H15F6S+. The third kappa shape index (κ3) is 4.04. The SMILES string of the molecule is Cc1ccccc1[S+](c1ccccc1C(F)(F)F)c1ccccc1C(F)(F)F. The molecule has 0 fully saturated rings. The molecule has 0 unspecified atom stereocenters. The first-order chi connectivity index (χ1) is 13.1. The molecule has 3 rings (SSSR count). The van der Waals surface area contributed by atoms with Crippen LogP contribution in [0.3, 0.4) is 0 Å². The fraction of sp³-hybridized carbons (Fsp3) is 0.143. The van der Waals surface area contributed by atoms with Gasteiger partial charge in [-0.05, 0) is 37.3 Å². The van der Waals surface area contributed by atoms with Gasteiger partial charge in [0.05, 0.1) is 0 Å². The van der Waals surface area contributed by atoms with Gasteiger partial charge in [-0.25, -0.2) is 0 Å². The molecule has 0 atom stereocenters. The van der Waals surface area contributed by atoms with Gasteiger partial charge in [-0.2, -0.15) is 26.3 Å². The van der Waals surface area contributed by atoms with Gasteiger partial charge in [0.25, 0.3) is 0 Å². The van der Waals surface area contributed by atoms with E-state index in [4.69, 9.17) is 0 Å². The Labute approximate surface area is 161 Å². The molecule has 0 aliphatic heterocycles. The van der Waals surface area contributed by atoms with Gasteiger partial charge < -0.3 is 0 Å². The normalized spacial score (nSPS) is 12.4.